The fourth-order valence-electron chi connectivity index (χ4n) is 2.15. The molecule has 2 rings (SSSR count). The van der Waals surface area contributed by atoms with Crippen LogP contribution in [0.1, 0.15) is 35.6 Å². The van der Waals surface area contributed by atoms with Crippen LogP contribution in [0.3, 0.4) is 0 Å². The molecule has 0 radical (unpaired) electrons. The second kappa shape index (κ2) is 3.70. The summed E-state index contributed by atoms with van der Waals surface area (Å²) in [5.41, 5.74) is 2.75. The van der Waals surface area contributed by atoms with Crippen LogP contribution in [0, 0.1) is 19.7 Å². The molecule has 0 aliphatic carbocycles. The molecule has 1 aromatic carbocycles. The van der Waals surface area contributed by atoms with Crippen LogP contribution in [-0.2, 0) is 0 Å². The summed E-state index contributed by atoms with van der Waals surface area (Å²) in [6.07, 6.45) is 2.39. The Morgan fingerprint density at radius 1 is 1.29 bits per heavy atom. The van der Waals surface area contributed by atoms with Crippen molar-refractivity contribution in [1.29, 1.82) is 0 Å². The first-order chi connectivity index (χ1) is 6.68. The molecule has 1 aliphatic heterocycles. The van der Waals surface area contributed by atoms with Crippen LogP contribution in [0.4, 0.5) is 4.39 Å². The summed E-state index contributed by atoms with van der Waals surface area (Å²) in [6.45, 7) is 4.75. The molecular weight excluding hydrogens is 177 g/mol. The predicted molar refractivity (Wildman–Crippen MR) is 55.9 cm³/mol. The monoisotopic (exact) mass is 193 g/mol. The van der Waals surface area contributed by atoms with Gasteiger partial charge in [0.25, 0.3) is 0 Å². The van der Waals surface area contributed by atoms with Gasteiger partial charge in [-0.3, -0.25) is 0 Å². The lowest BCUT2D eigenvalue weighted by Crippen LogP contribution is -2.13. The van der Waals surface area contributed by atoms with E-state index in [9.17, 15) is 4.39 Å². The highest BCUT2D eigenvalue weighted by Crippen LogP contribution is 2.26. The third kappa shape index (κ3) is 1.67. The quantitative estimate of drug-likeness (QED) is 0.723. The van der Waals surface area contributed by atoms with Gasteiger partial charge in [-0.2, -0.15) is 0 Å². The molecule has 1 fully saturated rings. The van der Waals surface area contributed by atoms with Crippen LogP contribution in [0.25, 0.3) is 0 Å². The standard InChI is InChI=1S/C12H16FN/c1-8-6-10(7-9(2)12(8)13)11-4-3-5-14-11/h6-7,11,14H,3-5H2,1-2H3/t11-/m0/s1. The van der Waals surface area contributed by atoms with E-state index in [1.165, 1.54) is 18.4 Å². The molecule has 1 nitrogen and oxygen atoms in total. The minimum Gasteiger partial charge on any atom is -0.310 e. The third-order valence-corrected chi connectivity index (χ3v) is 2.92. The van der Waals surface area contributed by atoms with Gasteiger partial charge in [0.15, 0.2) is 0 Å². The zero-order valence-corrected chi connectivity index (χ0v) is 8.73. The van der Waals surface area contributed by atoms with Gasteiger partial charge in [-0.05, 0) is 49.9 Å². The fourth-order valence-corrected chi connectivity index (χ4v) is 2.15. The Balaban J connectivity index is 2.34. The van der Waals surface area contributed by atoms with E-state index in [1.54, 1.807) is 0 Å². The Morgan fingerprint density at radius 2 is 1.93 bits per heavy atom. The van der Waals surface area contributed by atoms with Crippen LogP contribution >= 0.6 is 0 Å². The van der Waals surface area contributed by atoms with E-state index in [-0.39, 0.29) is 5.82 Å². The Labute approximate surface area is 84.3 Å². The zero-order valence-electron chi connectivity index (χ0n) is 8.73. The molecule has 0 bridgehead atoms. The topological polar surface area (TPSA) is 12.0 Å². The highest BCUT2D eigenvalue weighted by atomic mass is 19.1. The first kappa shape index (κ1) is 9.66. The van der Waals surface area contributed by atoms with Crippen LogP contribution in [0.15, 0.2) is 12.1 Å². The lowest BCUT2D eigenvalue weighted by molar-refractivity contribution is 0.600. The molecule has 1 atom stereocenters. The molecular formula is C12H16FN. The van der Waals surface area contributed by atoms with Crippen molar-refractivity contribution in [3.8, 4) is 0 Å². The minimum atomic E-state index is -0.0632. The number of rotatable bonds is 1. The number of benzene rings is 1. The third-order valence-electron chi connectivity index (χ3n) is 2.92. The van der Waals surface area contributed by atoms with E-state index in [4.69, 9.17) is 0 Å². The van der Waals surface area contributed by atoms with Gasteiger partial charge in [-0.1, -0.05) is 12.1 Å². The van der Waals surface area contributed by atoms with Crippen molar-refractivity contribution in [2.45, 2.75) is 32.7 Å². The summed E-state index contributed by atoms with van der Waals surface area (Å²) < 4.78 is 13.4. The molecule has 0 spiro atoms. The van der Waals surface area contributed by atoms with Crippen molar-refractivity contribution in [2.24, 2.45) is 0 Å². The first-order valence-electron chi connectivity index (χ1n) is 5.18. The summed E-state index contributed by atoms with van der Waals surface area (Å²) in [7, 11) is 0. The Kier molecular flexibility index (Phi) is 2.55. The van der Waals surface area contributed by atoms with Crippen LogP contribution in [0.5, 0.6) is 0 Å². The molecule has 2 heteroatoms. The number of halogens is 1. The molecule has 1 aliphatic rings. The van der Waals surface area contributed by atoms with E-state index < -0.39 is 0 Å². The van der Waals surface area contributed by atoms with Crippen LogP contribution in [-0.4, -0.2) is 6.54 Å². The zero-order chi connectivity index (χ0) is 10.1. The molecule has 1 N–H and O–H groups in total. The summed E-state index contributed by atoms with van der Waals surface area (Å²) in [5.74, 6) is -0.0632. The summed E-state index contributed by atoms with van der Waals surface area (Å²) >= 11 is 0. The molecule has 1 aromatic rings. The maximum absolute atomic E-state index is 13.4. The SMILES string of the molecule is Cc1cc([C@@H]2CCCN2)cc(C)c1F. The first-order valence-corrected chi connectivity index (χ1v) is 5.18. The van der Waals surface area contributed by atoms with E-state index in [2.05, 4.69) is 5.32 Å². The highest BCUT2D eigenvalue weighted by molar-refractivity contribution is 5.32. The number of hydrogen-bond donors (Lipinski definition) is 1. The van der Waals surface area contributed by atoms with Crippen molar-refractivity contribution in [1.82, 2.24) is 5.32 Å². The molecule has 0 saturated carbocycles. The number of nitrogens with one attached hydrogen (secondary N) is 1. The second-order valence-electron chi connectivity index (χ2n) is 4.12. The van der Waals surface area contributed by atoms with E-state index in [0.717, 1.165) is 17.7 Å². The van der Waals surface area contributed by atoms with Crippen molar-refractivity contribution in [3.05, 3.63) is 34.6 Å². The largest absolute Gasteiger partial charge is 0.310 e. The van der Waals surface area contributed by atoms with Crippen molar-refractivity contribution in [2.75, 3.05) is 6.54 Å². The minimum absolute atomic E-state index is 0.0632. The maximum atomic E-state index is 13.4. The van der Waals surface area contributed by atoms with Crippen molar-refractivity contribution >= 4 is 0 Å². The van der Waals surface area contributed by atoms with Gasteiger partial charge in [0.2, 0.25) is 0 Å². The van der Waals surface area contributed by atoms with Crippen LogP contribution < -0.4 is 5.32 Å². The van der Waals surface area contributed by atoms with Crippen molar-refractivity contribution in [3.63, 3.8) is 0 Å². The molecule has 76 valence electrons. The number of hydrogen-bond acceptors (Lipinski definition) is 1. The van der Waals surface area contributed by atoms with Gasteiger partial charge >= 0.3 is 0 Å². The van der Waals surface area contributed by atoms with Crippen molar-refractivity contribution < 1.29 is 4.39 Å². The highest BCUT2D eigenvalue weighted by Gasteiger charge is 2.17. The maximum Gasteiger partial charge on any atom is 0.129 e. The summed E-state index contributed by atoms with van der Waals surface area (Å²) in [4.78, 5) is 0. The van der Waals surface area contributed by atoms with Gasteiger partial charge in [-0.25, -0.2) is 4.39 Å². The van der Waals surface area contributed by atoms with E-state index >= 15 is 0 Å². The normalized spacial score (nSPS) is 21.5. The van der Waals surface area contributed by atoms with Gasteiger partial charge in [0, 0.05) is 6.04 Å². The molecule has 1 heterocycles. The lowest BCUT2D eigenvalue weighted by atomic mass is 10.00. The smallest absolute Gasteiger partial charge is 0.129 e. The van der Waals surface area contributed by atoms with Gasteiger partial charge in [0.05, 0.1) is 0 Å². The molecule has 0 unspecified atom stereocenters. The fraction of sp³-hybridized carbons (Fsp3) is 0.500. The average molecular weight is 193 g/mol. The number of aryl methyl sites for hydroxylation is 2. The summed E-state index contributed by atoms with van der Waals surface area (Å²) in [5, 5.41) is 3.42. The van der Waals surface area contributed by atoms with Gasteiger partial charge < -0.3 is 5.32 Å². The average Bonchev–Trinajstić information content (AvgIpc) is 2.66. The molecule has 14 heavy (non-hydrogen) atoms. The van der Waals surface area contributed by atoms with Gasteiger partial charge in [0.1, 0.15) is 5.82 Å². The lowest BCUT2D eigenvalue weighted by Gasteiger charge is -2.13. The summed E-state index contributed by atoms with van der Waals surface area (Å²) in [6, 6.07) is 4.37. The van der Waals surface area contributed by atoms with E-state index in [0.29, 0.717) is 6.04 Å². The van der Waals surface area contributed by atoms with Gasteiger partial charge in [-0.15, -0.1) is 0 Å². The van der Waals surface area contributed by atoms with Crippen LogP contribution in [0.2, 0.25) is 0 Å². The Morgan fingerprint density at radius 3 is 2.43 bits per heavy atom. The van der Waals surface area contributed by atoms with E-state index in [1.807, 2.05) is 26.0 Å². The molecule has 0 aromatic heterocycles. The predicted octanol–water partition coefficient (Wildman–Crippen LogP) is 2.87. The second-order valence-corrected chi connectivity index (χ2v) is 4.12. The molecule has 0 amide bonds. The Hall–Kier alpha value is -0.890. The Bertz CT molecular complexity index is 317. The molecule has 1 saturated heterocycles.